The normalized spacial score (nSPS) is 6.50. The summed E-state index contributed by atoms with van der Waals surface area (Å²) in [4.78, 5) is 9.06. The summed E-state index contributed by atoms with van der Waals surface area (Å²) in [6, 6.07) is 0. The van der Waals surface area contributed by atoms with Crippen molar-refractivity contribution >= 4 is 4.56 Å². The van der Waals surface area contributed by atoms with Crippen LogP contribution in [0.25, 0.3) is 0 Å². The van der Waals surface area contributed by atoms with Crippen molar-refractivity contribution in [3.63, 3.8) is 0 Å². The summed E-state index contributed by atoms with van der Waals surface area (Å²) in [5, 5.41) is 7.47. The second-order valence-corrected chi connectivity index (χ2v) is 1.66. The van der Waals surface area contributed by atoms with Gasteiger partial charge in [0.15, 0.2) is 0 Å². The Bertz CT molecular complexity index is 29.0. The van der Waals surface area contributed by atoms with Gasteiger partial charge in [-0.3, -0.25) is 0 Å². The van der Waals surface area contributed by atoms with Crippen molar-refractivity contribution in [1.29, 1.82) is 0 Å². The SMILES string of the molecule is O=[C](O)[Zn]. The van der Waals surface area contributed by atoms with Crippen LogP contribution in [0.3, 0.4) is 0 Å². The third-order valence-corrected chi connectivity index (χ3v) is 0. The first kappa shape index (κ1) is 4.09. The molecule has 0 aromatic rings. The number of hydrogen-bond donors (Lipinski definition) is 1. The van der Waals surface area contributed by atoms with E-state index in [1.54, 1.807) is 0 Å². The van der Waals surface area contributed by atoms with Gasteiger partial charge in [-0.05, 0) is 0 Å². The summed E-state index contributed by atoms with van der Waals surface area (Å²) < 4.78 is -0.708. The number of hydrogen-bond acceptors (Lipinski definition) is 1. The predicted molar refractivity (Wildman–Crippen MR) is 8.02 cm³/mol. The van der Waals surface area contributed by atoms with E-state index >= 15 is 0 Å². The second-order valence-electron chi connectivity index (χ2n) is 0.394. The first-order chi connectivity index (χ1) is 1.73. The van der Waals surface area contributed by atoms with Gasteiger partial charge < -0.3 is 0 Å². The standard InChI is InChI=1S/CHO2.Zn/c2-1-3;/h(H,2,3);. The molecule has 0 rings (SSSR count). The van der Waals surface area contributed by atoms with Gasteiger partial charge >= 0.3 is 32.8 Å². The second kappa shape index (κ2) is 1.42. The van der Waals surface area contributed by atoms with Crippen LogP contribution in [0.1, 0.15) is 0 Å². The molecule has 0 amide bonds. The molecule has 0 fully saturated rings. The van der Waals surface area contributed by atoms with Crippen molar-refractivity contribution in [2.75, 3.05) is 0 Å². The van der Waals surface area contributed by atoms with E-state index in [0.29, 0.717) is 18.3 Å². The third kappa shape index (κ3) is 287. The summed E-state index contributed by atoms with van der Waals surface area (Å²) in [5.41, 5.74) is 0. The van der Waals surface area contributed by atoms with Crippen LogP contribution in [0.2, 0.25) is 0 Å². The fourth-order valence-electron chi connectivity index (χ4n) is 0. The molecule has 4 heavy (non-hydrogen) atoms. The molecular weight excluding hydrogens is 109 g/mol. The number of rotatable bonds is 0. The summed E-state index contributed by atoms with van der Waals surface area (Å²) >= 11 is 0.347. The predicted octanol–water partition coefficient (Wildman–Crippen LogP) is 0.211. The molecule has 0 unspecified atom stereocenters. The quantitative estimate of drug-likeness (QED) is 0.453. The fourth-order valence-corrected chi connectivity index (χ4v) is 0. The van der Waals surface area contributed by atoms with Crippen molar-refractivity contribution in [3.05, 3.63) is 0 Å². The minimum atomic E-state index is -0.708. The van der Waals surface area contributed by atoms with Gasteiger partial charge in [-0.1, -0.05) is 0 Å². The first-order valence-corrected chi connectivity index (χ1v) is 2.26. The molecule has 0 aliphatic carbocycles. The Morgan fingerprint density at radius 1 is 2.00 bits per heavy atom. The Morgan fingerprint density at radius 3 is 2.00 bits per heavy atom. The average molecular weight is 110 g/mol. The fraction of sp³-hybridized carbons (Fsp3) is 0. The Kier molecular flexibility index (Phi) is 1.45. The van der Waals surface area contributed by atoms with Crippen molar-refractivity contribution < 1.29 is 28.2 Å². The molecule has 0 spiro atoms. The summed E-state index contributed by atoms with van der Waals surface area (Å²) in [5.74, 6) is 0. The molecule has 0 saturated carbocycles. The first-order valence-electron chi connectivity index (χ1n) is 0.781. The molecule has 0 aromatic carbocycles. The molecular formula is CHO2Zn. The van der Waals surface area contributed by atoms with E-state index < -0.39 is 4.56 Å². The van der Waals surface area contributed by atoms with E-state index in [0.717, 1.165) is 0 Å². The Morgan fingerprint density at radius 2 is 2.00 bits per heavy atom. The average Bonchev–Trinajstić information content (AvgIpc) is 0.811. The van der Waals surface area contributed by atoms with Crippen molar-refractivity contribution in [3.8, 4) is 0 Å². The van der Waals surface area contributed by atoms with Crippen LogP contribution in [0.5, 0.6) is 0 Å². The number of carbonyl (C=O) groups is 1. The van der Waals surface area contributed by atoms with E-state index in [1.165, 1.54) is 0 Å². The molecule has 3 heteroatoms. The molecule has 2 nitrogen and oxygen atoms in total. The summed E-state index contributed by atoms with van der Waals surface area (Å²) in [7, 11) is 0. The molecule has 1 N–H and O–H groups in total. The minimum absolute atomic E-state index is 0.347. The van der Waals surface area contributed by atoms with Crippen molar-refractivity contribution in [1.82, 2.24) is 0 Å². The molecule has 0 saturated heterocycles. The zero-order valence-corrected chi connectivity index (χ0v) is 5.03. The molecule has 0 heterocycles. The van der Waals surface area contributed by atoms with E-state index in [-0.39, 0.29) is 0 Å². The third-order valence-electron chi connectivity index (χ3n) is 0. The Hall–Kier alpha value is 0.0934. The van der Waals surface area contributed by atoms with Gasteiger partial charge in [-0.15, -0.1) is 0 Å². The van der Waals surface area contributed by atoms with Gasteiger partial charge in [0.2, 0.25) is 0 Å². The van der Waals surface area contributed by atoms with Gasteiger partial charge in [0.05, 0.1) is 0 Å². The van der Waals surface area contributed by atoms with E-state index in [4.69, 9.17) is 9.90 Å². The number of carboxylic acid groups (broad SMARTS) is 1. The van der Waals surface area contributed by atoms with Gasteiger partial charge in [-0.2, -0.15) is 0 Å². The molecule has 0 aliphatic rings. The topological polar surface area (TPSA) is 37.3 Å². The van der Waals surface area contributed by atoms with Gasteiger partial charge in [-0.25, -0.2) is 0 Å². The molecule has 0 radical (unpaired) electrons. The van der Waals surface area contributed by atoms with Crippen LogP contribution in [-0.4, -0.2) is 9.67 Å². The molecule has 19 valence electrons. The van der Waals surface area contributed by atoms with Crippen LogP contribution in [0.15, 0.2) is 0 Å². The van der Waals surface area contributed by atoms with Crippen LogP contribution in [0, 0.1) is 0 Å². The van der Waals surface area contributed by atoms with E-state index in [9.17, 15) is 0 Å². The Labute approximate surface area is 33.5 Å². The van der Waals surface area contributed by atoms with Crippen LogP contribution < -0.4 is 0 Å². The van der Waals surface area contributed by atoms with E-state index in [1.807, 2.05) is 0 Å². The van der Waals surface area contributed by atoms with Gasteiger partial charge in [0.1, 0.15) is 0 Å². The van der Waals surface area contributed by atoms with Crippen molar-refractivity contribution in [2.24, 2.45) is 0 Å². The van der Waals surface area contributed by atoms with Crippen LogP contribution in [-0.2, 0) is 18.3 Å². The van der Waals surface area contributed by atoms with E-state index in [2.05, 4.69) is 0 Å². The van der Waals surface area contributed by atoms with Gasteiger partial charge in [0.25, 0.3) is 0 Å². The zero-order chi connectivity index (χ0) is 3.58. The Balaban J connectivity index is 2.80. The summed E-state index contributed by atoms with van der Waals surface area (Å²) in [6.45, 7) is 0. The molecule has 0 atom stereocenters. The van der Waals surface area contributed by atoms with Gasteiger partial charge in [0, 0.05) is 0 Å². The maximum absolute atomic E-state index is 9.06. The van der Waals surface area contributed by atoms with Crippen LogP contribution >= 0.6 is 0 Å². The molecule has 0 aromatic heterocycles. The zero-order valence-electron chi connectivity index (χ0n) is 2.06. The monoisotopic (exact) mass is 109 g/mol. The van der Waals surface area contributed by atoms with Crippen LogP contribution in [0.4, 0.5) is 4.79 Å². The van der Waals surface area contributed by atoms with Crippen molar-refractivity contribution in [2.45, 2.75) is 0 Å². The maximum atomic E-state index is 9.06. The summed E-state index contributed by atoms with van der Waals surface area (Å²) in [6.07, 6.45) is 0. The molecule has 0 bridgehead atoms. The molecule has 0 aliphatic heterocycles.